The van der Waals surface area contributed by atoms with Crippen molar-refractivity contribution in [2.24, 2.45) is 0 Å². The van der Waals surface area contributed by atoms with Gasteiger partial charge in [-0.2, -0.15) is 0 Å². The molecule has 0 unspecified atom stereocenters. The van der Waals surface area contributed by atoms with Gasteiger partial charge in [-0.25, -0.2) is 4.79 Å². The molecule has 0 rings (SSSR count). The Morgan fingerprint density at radius 1 is 1.17 bits per heavy atom. The Morgan fingerprint density at radius 3 is 2.39 bits per heavy atom. The highest BCUT2D eigenvalue weighted by molar-refractivity contribution is 8.04. The third-order valence-corrected chi connectivity index (χ3v) is 3.54. The number of ether oxygens (including phenoxy) is 1. The van der Waals surface area contributed by atoms with Gasteiger partial charge in [-0.1, -0.05) is 52.5 Å². The van der Waals surface area contributed by atoms with Gasteiger partial charge in [0.15, 0.2) is 0 Å². The maximum atomic E-state index is 11.7. The normalized spacial score (nSPS) is 11.9. The molecule has 0 aromatic carbocycles. The Morgan fingerprint density at radius 2 is 1.83 bits per heavy atom. The second kappa shape index (κ2) is 11.6. The van der Waals surface area contributed by atoms with Crippen LogP contribution < -0.4 is 0 Å². The minimum absolute atomic E-state index is 0.162. The van der Waals surface area contributed by atoms with E-state index in [1.165, 1.54) is 32.1 Å². The van der Waals surface area contributed by atoms with Crippen LogP contribution in [-0.2, 0) is 9.53 Å². The van der Waals surface area contributed by atoms with Crippen molar-refractivity contribution in [3.8, 4) is 0 Å². The SMILES string of the molecule is CCCCCCC/C=C(/SC(C)C)C(=O)OCC. The van der Waals surface area contributed by atoms with Crippen LogP contribution in [0.25, 0.3) is 0 Å². The minimum Gasteiger partial charge on any atom is -0.462 e. The van der Waals surface area contributed by atoms with E-state index in [0.29, 0.717) is 11.9 Å². The second-order valence-corrected chi connectivity index (χ2v) is 6.28. The Bertz CT molecular complexity index is 247. The molecule has 0 fully saturated rings. The molecule has 0 aliphatic heterocycles. The number of rotatable bonds is 10. The summed E-state index contributed by atoms with van der Waals surface area (Å²) in [5.74, 6) is -0.162. The van der Waals surface area contributed by atoms with Gasteiger partial charge in [-0.3, -0.25) is 0 Å². The zero-order valence-corrected chi connectivity index (χ0v) is 13.1. The monoisotopic (exact) mass is 272 g/mol. The molecule has 0 amide bonds. The van der Waals surface area contributed by atoms with Crippen LogP contribution in [-0.4, -0.2) is 17.8 Å². The summed E-state index contributed by atoms with van der Waals surface area (Å²) in [6.07, 6.45) is 9.35. The molecule has 0 aromatic heterocycles. The van der Waals surface area contributed by atoms with Crippen LogP contribution >= 0.6 is 11.8 Å². The smallest absolute Gasteiger partial charge is 0.344 e. The molecule has 0 aliphatic carbocycles. The Labute approximate surface area is 117 Å². The van der Waals surface area contributed by atoms with Gasteiger partial charge in [0.2, 0.25) is 0 Å². The second-order valence-electron chi connectivity index (χ2n) is 4.66. The van der Waals surface area contributed by atoms with E-state index in [9.17, 15) is 4.79 Å². The fourth-order valence-electron chi connectivity index (χ4n) is 1.62. The number of unbranched alkanes of at least 4 members (excludes halogenated alkanes) is 5. The molecule has 106 valence electrons. The summed E-state index contributed by atoms with van der Waals surface area (Å²) in [7, 11) is 0. The van der Waals surface area contributed by atoms with Crippen molar-refractivity contribution in [3.05, 3.63) is 11.0 Å². The lowest BCUT2D eigenvalue weighted by Crippen LogP contribution is -2.07. The number of allylic oxidation sites excluding steroid dienone is 1. The van der Waals surface area contributed by atoms with Crippen LogP contribution in [0.15, 0.2) is 11.0 Å². The fourth-order valence-corrected chi connectivity index (χ4v) is 2.49. The van der Waals surface area contributed by atoms with Crippen LogP contribution in [0.5, 0.6) is 0 Å². The quantitative estimate of drug-likeness (QED) is 0.320. The van der Waals surface area contributed by atoms with Crippen molar-refractivity contribution >= 4 is 17.7 Å². The van der Waals surface area contributed by atoms with E-state index in [1.807, 2.05) is 6.92 Å². The first-order valence-electron chi connectivity index (χ1n) is 7.15. The van der Waals surface area contributed by atoms with E-state index in [2.05, 4.69) is 26.8 Å². The van der Waals surface area contributed by atoms with Gasteiger partial charge in [0.05, 0.1) is 11.5 Å². The van der Waals surface area contributed by atoms with Crippen molar-refractivity contribution in [1.29, 1.82) is 0 Å². The van der Waals surface area contributed by atoms with Crippen LogP contribution in [0.1, 0.15) is 66.2 Å². The van der Waals surface area contributed by atoms with Crippen LogP contribution in [0.3, 0.4) is 0 Å². The Hall–Kier alpha value is -0.440. The molecule has 0 saturated heterocycles. The number of carbonyl (C=O) groups excluding carboxylic acids is 1. The fraction of sp³-hybridized carbons (Fsp3) is 0.800. The first-order valence-corrected chi connectivity index (χ1v) is 8.03. The zero-order chi connectivity index (χ0) is 13.8. The van der Waals surface area contributed by atoms with Gasteiger partial charge in [-0.05, 0) is 19.8 Å². The molecule has 0 spiro atoms. The molecule has 0 bridgehead atoms. The van der Waals surface area contributed by atoms with E-state index in [-0.39, 0.29) is 5.97 Å². The topological polar surface area (TPSA) is 26.3 Å². The zero-order valence-electron chi connectivity index (χ0n) is 12.3. The largest absolute Gasteiger partial charge is 0.462 e. The van der Waals surface area contributed by atoms with E-state index in [1.54, 1.807) is 11.8 Å². The van der Waals surface area contributed by atoms with E-state index in [4.69, 9.17) is 4.74 Å². The molecule has 0 aliphatic rings. The van der Waals surface area contributed by atoms with E-state index >= 15 is 0 Å². The first-order chi connectivity index (χ1) is 8.61. The van der Waals surface area contributed by atoms with Crippen LogP contribution in [0, 0.1) is 0 Å². The molecule has 0 heterocycles. The highest BCUT2D eigenvalue weighted by atomic mass is 32.2. The molecule has 0 saturated carbocycles. The molecule has 18 heavy (non-hydrogen) atoms. The van der Waals surface area contributed by atoms with Gasteiger partial charge in [-0.15, -0.1) is 11.8 Å². The summed E-state index contributed by atoms with van der Waals surface area (Å²) in [5, 5.41) is 0.417. The maximum absolute atomic E-state index is 11.7. The van der Waals surface area contributed by atoms with Crippen molar-refractivity contribution in [2.45, 2.75) is 71.5 Å². The summed E-state index contributed by atoms with van der Waals surface area (Å²) in [4.78, 5) is 12.5. The van der Waals surface area contributed by atoms with E-state index in [0.717, 1.165) is 11.3 Å². The number of carbonyl (C=O) groups is 1. The Kier molecular flexibility index (Phi) is 11.4. The number of hydrogen-bond acceptors (Lipinski definition) is 3. The Balaban J connectivity index is 4.07. The van der Waals surface area contributed by atoms with Gasteiger partial charge < -0.3 is 4.74 Å². The predicted octanol–water partition coefficient (Wildman–Crippen LogP) is 4.94. The lowest BCUT2D eigenvalue weighted by Gasteiger charge is -2.09. The van der Waals surface area contributed by atoms with Crippen molar-refractivity contribution < 1.29 is 9.53 Å². The van der Waals surface area contributed by atoms with Crippen molar-refractivity contribution in [1.82, 2.24) is 0 Å². The summed E-state index contributed by atoms with van der Waals surface area (Å²) in [5.41, 5.74) is 0. The lowest BCUT2D eigenvalue weighted by atomic mass is 10.1. The minimum atomic E-state index is -0.162. The van der Waals surface area contributed by atoms with Gasteiger partial charge >= 0.3 is 5.97 Å². The van der Waals surface area contributed by atoms with E-state index < -0.39 is 0 Å². The average Bonchev–Trinajstić information content (AvgIpc) is 2.32. The maximum Gasteiger partial charge on any atom is 0.344 e. The third kappa shape index (κ3) is 9.58. The standard InChI is InChI=1S/C15H28O2S/c1-5-7-8-9-10-11-12-14(18-13(3)4)15(16)17-6-2/h12-13H,5-11H2,1-4H3/b14-12+. The van der Waals surface area contributed by atoms with Gasteiger partial charge in [0, 0.05) is 5.25 Å². The van der Waals surface area contributed by atoms with Crippen molar-refractivity contribution in [3.63, 3.8) is 0 Å². The molecule has 3 heteroatoms. The highest BCUT2D eigenvalue weighted by Crippen LogP contribution is 2.23. The molecule has 0 aromatic rings. The number of hydrogen-bond donors (Lipinski definition) is 0. The average molecular weight is 272 g/mol. The summed E-state index contributed by atoms with van der Waals surface area (Å²) < 4.78 is 5.07. The molecule has 0 radical (unpaired) electrons. The summed E-state index contributed by atoms with van der Waals surface area (Å²) in [6.45, 7) is 8.71. The number of esters is 1. The summed E-state index contributed by atoms with van der Waals surface area (Å²) >= 11 is 1.60. The van der Waals surface area contributed by atoms with Crippen LogP contribution in [0.4, 0.5) is 0 Å². The van der Waals surface area contributed by atoms with Gasteiger partial charge in [0.1, 0.15) is 0 Å². The summed E-state index contributed by atoms with van der Waals surface area (Å²) in [6, 6.07) is 0. The van der Waals surface area contributed by atoms with Crippen LogP contribution in [0.2, 0.25) is 0 Å². The van der Waals surface area contributed by atoms with Crippen molar-refractivity contribution in [2.75, 3.05) is 6.61 Å². The lowest BCUT2D eigenvalue weighted by molar-refractivity contribution is -0.137. The molecule has 0 atom stereocenters. The van der Waals surface area contributed by atoms with Gasteiger partial charge in [0.25, 0.3) is 0 Å². The third-order valence-electron chi connectivity index (χ3n) is 2.48. The molecule has 2 nitrogen and oxygen atoms in total. The predicted molar refractivity (Wildman–Crippen MR) is 80.8 cm³/mol. The molecule has 0 N–H and O–H groups in total. The first kappa shape index (κ1) is 17.6. The molecular formula is C15H28O2S. The number of thioether (sulfide) groups is 1. The highest BCUT2D eigenvalue weighted by Gasteiger charge is 2.12. The molecular weight excluding hydrogens is 244 g/mol.